The molecule has 0 atom stereocenters. The zero-order valence-corrected chi connectivity index (χ0v) is 13.9. The number of rotatable bonds is 4. The fourth-order valence-electron chi connectivity index (χ4n) is 2.38. The maximum absolute atomic E-state index is 11.4. The Morgan fingerprint density at radius 3 is 2.65 bits per heavy atom. The van der Waals surface area contributed by atoms with Crippen molar-refractivity contribution in [3.63, 3.8) is 0 Å². The summed E-state index contributed by atoms with van der Waals surface area (Å²) in [6, 6.07) is 15.8. The summed E-state index contributed by atoms with van der Waals surface area (Å²) in [4.78, 5) is 16.2. The van der Waals surface area contributed by atoms with Gasteiger partial charge in [-0.15, -0.1) is 11.3 Å². The topological polar surface area (TPSA) is 39.2 Å². The lowest BCUT2D eigenvalue weighted by Gasteiger charge is -2.01. The second-order valence-electron chi connectivity index (χ2n) is 5.36. The Bertz CT molecular complexity index is 821. The molecule has 3 aromatic rings. The number of hydrogen-bond acceptors (Lipinski definition) is 4. The minimum Gasteiger partial charge on any atom is -0.465 e. The third kappa shape index (κ3) is 3.66. The van der Waals surface area contributed by atoms with Crippen LogP contribution in [0.1, 0.15) is 26.5 Å². The average Bonchev–Trinajstić information content (AvgIpc) is 3.03. The molecule has 0 saturated heterocycles. The second kappa shape index (κ2) is 6.75. The molecular weight excluding hydrogens is 306 g/mol. The van der Waals surface area contributed by atoms with Crippen molar-refractivity contribution in [2.75, 3.05) is 7.11 Å². The molecule has 0 radical (unpaired) electrons. The highest BCUT2D eigenvalue weighted by atomic mass is 32.1. The van der Waals surface area contributed by atoms with Gasteiger partial charge in [0.25, 0.3) is 0 Å². The van der Waals surface area contributed by atoms with Gasteiger partial charge < -0.3 is 4.74 Å². The Balaban J connectivity index is 1.75. The van der Waals surface area contributed by atoms with E-state index in [1.807, 2.05) is 12.1 Å². The molecule has 0 N–H and O–H groups in total. The van der Waals surface area contributed by atoms with Crippen molar-refractivity contribution in [1.29, 1.82) is 0 Å². The zero-order valence-electron chi connectivity index (χ0n) is 13.1. The van der Waals surface area contributed by atoms with Gasteiger partial charge in [0.05, 0.1) is 23.4 Å². The van der Waals surface area contributed by atoms with Gasteiger partial charge in [-0.25, -0.2) is 9.78 Å². The summed E-state index contributed by atoms with van der Waals surface area (Å²) < 4.78 is 4.71. The molecule has 0 amide bonds. The van der Waals surface area contributed by atoms with Crippen LogP contribution in [0.3, 0.4) is 0 Å². The maximum Gasteiger partial charge on any atom is 0.337 e. The van der Waals surface area contributed by atoms with Crippen molar-refractivity contribution in [2.24, 2.45) is 0 Å². The van der Waals surface area contributed by atoms with Gasteiger partial charge in [0.1, 0.15) is 0 Å². The van der Waals surface area contributed by atoms with Crippen LogP contribution < -0.4 is 0 Å². The summed E-state index contributed by atoms with van der Waals surface area (Å²) in [5.74, 6) is -0.312. The van der Waals surface area contributed by atoms with Gasteiger partial charge >= 0.3 is 5.97 Å². The first-order chi connectivity index (χ1) is 11.2. The van der Waals surface area contributed by atoms with Crippen LogP contribution in [0.5, 0.6) is 0 Å². The summed E-state index contributed by atoms with van der Waals surface area (Å²) in [5, 5.41) is 3.15. The largest absolute Gasteiger partial charge is 0.465 e. The molecule has 0 bridgehead atoms. The quantitative estimate of drug-likeness (QED) is 0.664. The summed E-state index contributed by atoms with van der Waals surface area (Å²) >= 11 is 1.66. The SMILES string of the molecule is COC(=O)c1ccc(Cc2nc(-c3cccc(C)c3)cs2)cc1. The molecule has 0 aliphatic rings. The predicted octanol–water partition coefficient (Wildman–Crippen LogP) is 4.50. The molecule has 0 fully saturated rings. The highest BCUT2D eigenvalue weighted by Gasteiger charge is 2.08. The maximum atomic E-state index is 11.4. The Morgan fingerprint density at radius 2 is 1.96 bits per heavy atom. The minimum atomic E-state index is -0.312. The van der Waals surface area contributed by atoms with Crippen LogP contribution in [0.25, 0.3) is 11.3 Å². The summed E-state index contributed by atoms with van der Waals surface area (Å²) in [6.45, 7) is 2.08. The van der Waals surface area contributed by atoms with Crippen molar-refractivity contribution >= 4 is 17.3 Å². The van der Waals surface area contributed by atoms with Crippen molar-refractivity contribution in [3.05, 3.63) is 75.6 Å². The van der Waals surface area contributed by atoms with E-state index in [9.17, 15) is 4.79 Å². The van der Waals surface area contributed by atoms with Crippen LogP contribution in [0.2, 0.25) is 0 Å². The Morgan fingerprint density at radius 1 is 1.17 bits per heavy atom. The van der Waals surface area contributed by atoms with Crippen molar-refractivity contribution in [1.82, 2.24) is 4.98 Å². The first kappa shape index (κ1) is 15.4. The van der Waals surface area contributed by atoms with Gasteiger partial charge in [-0.2, -0.15) is 0 Å². The van der Waals surface area contributed by atoms with Crippen LogP contribution >= 0.6 is 11.3 Å². The Hall–Kier alpha value is -2.46. The summed E-state index contributed by atoms with van der Waals surface area (Å²) in [7, 11) is 1.39. The number of carbonyl (C=O) groups is 1. The predicted molar refractivity (Wildman–Crippen MR) is 92.9 cm³/mol. The van der Waals surface area contributed by atoms with Gasteiger partial charge in [0, 0.05) is 17.4 Å². The molecule has 2 aromatic carbocycles. The number of thiazole rings is 1. The molecule has 1 heterocycles. The van der Waals surface area contributed by atoms with Crippen molar-refractivity contribution in [2.45, 2.75) is 13.3 Å². The highest BCUT2D eigenvalue weighted by molar-refractivity contribution is 7.10. The summed E-state index contributed by atoms with van der Waals surface area (Å²) in [6.07, 6.45) is 0.762. The molecule has 4 heteroatoms. The fourth-order valence-corrected chi connectivity index (χ4v) is 3.22. The molecule has 23 heavy (non-hydrogen) atoms. The van der Waals surface area contributed by atoms with Crippen LogP contribution in [-0.4, -0.2) is 18.1 Å². The number of methoxy groups -OCH3 is 1. The van der Waals surface area contributed by atoms with Gasteiger partial charge in [0.2, 0.25) is 0 Å². The number of hydrogen-bond donors (Lipinski definition) is 0. The number of carbonyl (C=O) groups excluding carboxylic acids is 1. The van der Waals surface area contributed by atoms with Crippen molar-refractivity contribution in [3.8, 4) is 11.3 Å². The number of benzene rings is 2. The smallest absolute Gasteiger partial charge is 0.337 e. The van der Waals surface area contributed by atoms with Gasteiger partial charge in [-0.3, -0.25) is 0 Å². The van der Waals surface area contributed by atoms with Crippen LogP contribution in [0.15, 0.2) is 53.9 Å². The number of esters is 1. The number of aryl methyl sites for hydroxylation is 1. The molecule has 116 valence electrons. The van der Waals surface area contributed by atoms with E-state index in [1.54, 1.807) is 23.5 Å². The van der Waals surface area contributed by atoms with E-state index in [2.05, 4.69) is 36.6 Å². The van der Waals surface area contributed by atoms with E-state index in [1.165, 1.54) is 12.7 Å². The first-order valence-electron chi connectivity index (χ1n) is 7.34. The van der Waals surface area contributed by atoms with Crippen molar-refractivity contribution < 1.29 is 9.53 Å². The average molecular weight is 323 g/mol. The third-order valence-electron chi connectivity index (χ3n) is 3.60. The molecule has 1 aromatic heterocycles. The zero-order chi connectivity index (χ0) is 16.2. The number of nitrogens with zero attached hydrogens (tertiary/aromatic N) is 1. The molecule has 0 spiro atoms. The monoisotopic (exact) mass is 323 g/mol. The van der Waals surface area contributed by atoms with Gasteiger partial charge in [-0.05, 0) is 30.7 Å². The van der Waals surface area contributed by atoms with E-state index < -0.39 is 0 Å². The highest BCUT2D eigenvalue weighted by Crippen LogP contribution is 2.24. The Labute approximate surface area is 139 Å². The minimum absolute atomic E-state index is 0.312. The van der Waals surface area contributed by atoms with E-state index in [0.29, 0.717) is 5.56 Å². The number of aromatic nitrogens is 1. The number of ether oxygens (including phenoxy) is 1. The third-order valence-corrected chi connectivity index (χ3v) is 4.44. The lowest BCUT2D eigenvalue weighted by atomic mass is 10.1. The molecular formula is C19H17NO2S. The van der Waals surface area contributed by atoms with E-state index >= 15 is 0 Å². The first-order valence-corrected chi connectivity index (χ1v) is 8.22. The van der Waals surface area contributed by atoms with E-state index in [-0.39, 0.29) is 5.97 Å². The van der Waals surface area contributed by atoms with E-state index in [0.717, 1.165) is 28.2 Å². The molecule has 0 unspecified atom stereocenters. The van der Waals surface area contributed by atoms with Crippen LogP contribution in [0, 0.1) is 6.92 Å². The molecule has 0 aliphatic heterocycles. The lowest BCUT2D eigenvalue weighted by molar-refractivity contribution is 0.0600. The molecule has 0 saturated carbocycles. The lowest BCUT2D eigenvalue weighted by Crippen LogP contribution is -2.00. The van der Waals surface area contributed by atoms with E-state index in [4.69, 9.17) is 9.72 Å². The van der Waals surface area contributed by atoms with Gasteiger partial charge in [0.15, 0.2) is 0 Å². The molecule has 3 rings (SSSR count). The van der Waals surface area contributed by atoms with Crippen LogP contribution in [0.4, 0.5) is 0 Å². The fraction of sp³-hybridized carbons (Fsp3) is 0.158. The second-order valence-corrected chi connectivity index (χ2v) is 6.30. The normalized spacial score (nSPS) is 10.5. The summed E-state index contributed by atoms with van der Waals surface area (Å²) in [5.41, 5.74) is 5.09. The molecule has 0 aliphatic carbocycles. The molecule has 3 nitrogen and oxygen atoms in total. The Kier molecular flexibility index (Phi) is 4.53. The van der Waals surface area contributed by atoms with Crippen LogP contribution in [-0.2, 0) is 11.2 Å². The standard InChI is InChI=1S/C19H17NO2S/c1-13-4-3-5-16(10-13)17-12-23-18(20-17)11-14-6-8-15(9-7-14)19(21)22-2/h3-10,12H,11H2,1-2H3. The van der Waals surface area contributed by atoms with Gasteiger partial charge in [-0.1, -0.05) is 35.9 Å².